The monoisotopic (exact) mass is 189 g/mol. The molecule has 0 aromatic rings. The summed E-state index contributed by atoms with van der Waals surface area (Å²) in [4.78, 5) is 10.4. The standard InChI is InChI=1S/C6H7NO4S/c7-1-4-2-12(10,11)3-5(4)6(8)9/h4-5H,2-3H2,(H,8,9)/t4-,5+/m0/s1. The maximum Gasteiger partial charge on any atom is 0.308 e. The van der Waals surface area contributed by atoms with Crippen molar-refractivity contribution in [2.75, 3.05) is 11.5 Å². The molecular formula is C6H7NO4S. The van der Waals surface area contributed by atoms with Crippen LogP contribution in [0.25, 0.3) is 0 Å². The van der Waals surface area contributed by atoms with Gasteiger partial charge in [0.15, 0.2) is 9.84 Å². The van der Waals surface area contributed by atoms with Crippen LogP contribution in [0.1, 0.15) is 0 Å². The van der Waals surface area contributed by atoms with Crippen LogP contribution < -0.4 is 0 Å². The Bertz CT molecular complexity index is 339. The number of hydrogen-bond donors (Lipinski definition) is 1. The minimum absolute atomic E-state index is 0.319. The van der Waals surface area contributed by atoms with E-state index in [4.69, 9.17) is 10.4 Å². The van der Waals surface area contributed by atoms with Gasteiger partial charge in [-0.3, -0.25) is 4.79 Å². The highest BCUT2D eigenvalue weighted by Gasteiger charge is 2.42. The first-order valence-electron chi connectivity index (χ1n) is 3.29. The summed E-state index contributed by atoms with van der Waals surface area (Å²) in [6, 6.07) is 1.69. The summed E-state index contributed by atoms with van der Waals surface area (Å²) in [5.41, 5.74) is 0. The Morgan fingerprint density at radius 2 is 2.08 bits per heavy atom. The van der Waals surface area contributed by atoms with Crippen molar-refractivity contribution in [1.29, 1.82) is 5.26 Å². The fraction of sp³-hybridized carbons (Fsp3) is 0.667. The van der Waals surface area contributed by atoms with Gasteiger partial charge in [-0.1, -0.05) is 0 Å². The fourth-order valence-electron chi connectivity index (χ4n) is 1.22. The van der Waals surface area contributed by atoms with Crippen molar-refractivity contribution < 1.29 is 18.3 Å². The fourth-order valence-corrected chi connectivity index (χ4v) is 3.13. The molecule has 0 aromatic carbocycles. The van der Waals surface area contributed by atoms with E-state index >= 15 is 0 Å². The molecule has 0 bridgehead atoms. The van der Waals surface area contributed by atoms with Gasteiger partial charge in [-0.05, 0) is 0 Å². The molecule has 2 atom stereocenters. The number of carbonyl (C=O) groups is 1. The Morgan fingerprint density at radius 3 is 2.42 bits per heavy atom. The van der Waals surface area contributed by atoms with Crippen LogP contribution in [0.3, 0.4) is 0 Å². The summed E-state index contributed by atoms with van der Waals surface area (Å²) in [6.07, 6.45) is 0. The van der Waals surface area contributed by atoms with Crippen molar-refractivity contribution in [2.24, 2.45) is 11.8 Å². The summed E-state index contributed by atoms with van der Waals surface area (Å²) >= 11 is 0. The molecule has 12 heavy (non-hydrogen) atoms. The average Bonchev–Trinajstić information content (AvgIpc) is 2.25. The highest BCUT2D eigenvalue weighted by atomic mass is 32.2. The topological polar surface area (TPSA) is 95.2 Å². The van der Waals surface area contributed by atoms with Gasteiger partial charge in [0, 0.05) is 0 Å². The minimum Gasteiger partial charge on any atom is -0.481 e. The number of aliphatic carboxylic acids is 1. The molecule has 0 aliphatic carbocycles. The maximum absolute atomic E-state index is 10.9. The lowest BCUT2D eigenvalue weighted by Gasteiger charge is -2.02. The summed E-state index contributed by atoms with van der Waals surface area (Å²) in [5, 5.41) is 17.0. The second-order valence-corrected chi connectivity index (χ2v) is 4.91. The number of sulfone groups is 1. The number of nitrogens with zero attached hydrogens (tertiary/aromatic N) is 1. The zero-order valence-corrected chi connectivity index (χ0v) is 6.91. The zero-order valence-electron chi connectivity index (χ0n) is 6.10. The van der Waals surface area contributed by atoms with Crippen molar-refractivity contribution in [2.45, 2.75) is 0 Å². The Labute approximate surface area is 69.5 Å². The lowest BCUT2D eigenvalue weighted by atomic mass is 9.98. The van der Waals surface area contributed by atoms with Crippen LogP contribution in [0.15, 0.2) is 0 Å². The van der Waals surface area contributed by atoms with Crippen LogP contribution >= 0.6 is 0 Å². The molecule has 5 nitrogen and oxygen atoms in total. The molecule has 0 spiro atoms. The Kier molecular flexibility index (Phi) is 2.06. The predicted octanol–water partition coefficient (Wildman–Crippen LogP) is -0.745. The molecule has 1 aliphatic heterocycles. The van der Waals surface area contributed by atoms with Gasteiger partial charge in [0.25, 0.3) is 0 Å². The molecule has 1 rings (SSSR count). The molecule has 1 fully saturated rings. The molecule has 6 heteroatoms. The van der Waals surface area contributed by atoms with Gasteiger partial charge in [-0.2, -0.15) is 5.26 Å². The normalized spacial score (nSPS) is 32.6. The van der Waals surface area contributed by atoms with E-state index in [9.17, 15) is 13.2 Å². The number of rotatable bonds is 1. The quantitative estimate of drug-likeness (QED) is 0.585. The van der Waals surface area contributed by atoms with Crippen LogP contribution in [0.5, 0.6) is 0 Å². The van der Waals surface area contributed by atoms with Crippen LogP contribution in [0, 0.1) is 23.2 Å². The van der Waals surface area contributed by atoms with Crippen LogP contribution in [0.2, 0.25) is 0 Å². The molecular weight excluding hydrogens is 182 g/mol. The first-order chi connectivity index (χ1) is 5.46. The number of carboxylic acids is 1. The smallest absolute Gasteiger partial charge is 0.308 e. The maximum atomic E-state index is 10.9. The summed E-state index contributed by atoms with van der Waals surface area (Å²) in [7, 11) is -3.31. The summed E-state index contributed by atoms with van der Waals surface area (Å²) < 4.78 is 21.8. The molecule has 0 amide bonds. The summed E-state index contributed by atoms with van der Waals surface area (Å²) in [6.45, 7) is 0. The molecule has 1 aliphatic rings. The van der Waals surface area contributed by atoms with E-state index in [0.717, 1.165) is 0 Å². The first-order valence-corrected chi connectivity index (χ1v) is 5.11. The summed E-state index contributed by atoms with van der Waals surface area (Å²) in [5.74, 6) is -3.85. The average molecular weight is 189 g/mol. The molecule has 1 heterocycles. The highest BCUT2D eigenvalue weighted by Crippen LogP contribution is 2.24. The third-order valence-corrected chi connectivity index (χ3v) is 3.57. The molecule has 1 saturated heterocycles. The SMILES string of the molecule is N#C[C@H]1CS(=O)(=O)C[C@H]1C(=O)O. The second kappa shape index (κ2) is 2.75. The molecule has 0 unspecified atom stereocenters. The number of nitriles is 1. The van der Waals surface area contributed by atoms with Gasteiger partial charge < -0.3 is 5.11 Å². The Morgan fingerprint density at radius 1 is 1.50 bits per heavy atom. The van der Waals surface area contributed by atoms with Crippen LogP contribution in [-0.4, -0.2) is 31.0 Å². The van der Waals surface area contributed by atoms with Gasteiger partial charge in [0.2, 0.25) is 0 Å². The Balaban J connectivity index is 2.93. The first kappa shape index (κ1) is 9.00. The van der Waals surface area contributed by atoms with Crippen molar-refractivity contribution in [3.63, 3.8) is 0 Å². The minimum atomic E-state index is -3.31. The van der Waals surface area contributed by atoms with E-state index in [1.165, 1.54) is 0 Å². The van der Waals surface area contributed by atoms with Gasteiger partial charge in [-0.15, -0.1) is 0 Å². The van der Waals surface area contributed by atoms with Crippen LogP contribution in [0.4, 0.5) is 0 Å². The predicted molar refractivity (Wildman–Crippen MR) is 38.9 cm³/mol. The third kappa shape index (κ3) is 1.56. The largest absolute Gasteiger partial charge is 0.481 e. The van der Waals surface area contributed by atoms with Crippen molar-refractivity contribution in [1.82, 2.24) is 0 Å². The molecule has 0 saturated carbocycles. The van der Waals surface area contributed by atoms with E-state index in [1.54, 1.807) is 6.07 Å². The van der Waals surface area contributed by atoms with Gasteiger partial charge in [0.05, 0.1) is 29.4 Å². The van der Waals surface area contributed by atoms with E-state index in [2.05, 4.69) is 0 Å². The molecule has 0 radical (unpaired) electrons. The van der Waals surface area contributed by atoms with Crippen molar-refractivity contribution in [3.8, 4) is 6.07 Å². The van der Waals surface area contributed by atoms with Gasteiger partial charge in [-0.25, -0.2) is 8.42 Å². The molecule has 0 aromatic heterocycles. The number of carboxylic acid groups (broad SMARTS) is 1. The van der Waals surface area contributed by atoms with E-state index in [0.29, 0.717) is 0 Å². The van der Waals surface area contributed by atoms with Gasteiger partial charge >= 0.3 is 5.97 Å². The Hall–Kier alpha value is -1.09. The van der Waals surface area contributed by atoms with Crippen molar-refractivity contribution in [3.05, 3.63) is 0 Å². The third-order valence-electron chi connectivity index (χ3n) is 1.84. The molecule has 66 valence electrons. The van der Waals surface area contributed by atoms with E-state index in [1.807, 2.05) is 0 Å². The van der Waals surface area contributed by atoms with E-state index in [-0.39, 0.29) is 5.75 Å². The van der Waals surface area contributed by atoms with Gasteiger partial charge in [0.1, 0.15) is 0 Å². The second-order valence-electron chi connectivity index (χ2n) is 2.76. The van der Waals surface area contributed by atoms with Crippen LogP contribution in [-0.2, 0) is 14.6 Å². The lowest BCUT2D eigenvalue weighted by Crippen LogP contribution is -2.20. The highest BCUT2D eigenvalue weighted by molar-refractivity contribution is 7.91. The van der Waals surface area contributed by atoms with E-state index < -0.39 is 33.4 Å². The zero-order chi connectivity index (χ0) is 9.35. The lowest BCUT2D eigenvalue weighted by molar-refractivity contribution is -0.141. The van der Waals surface area contributed by atoms with Crippen molar-refractivity contribution >= 4 is 15.8 Å². The number of hydrogen-bond acceptors (Lipinski definition) is 4. The molecule has 1 N–H and O–H groups in total.